The van der Waals surface area contributed by atoms with Crippen molar-refractivity contribution in [3.8, 4) is 5.75 Å². The maximum atomic E-state index is 5.47. The number of methoxy groups -OCH3 is 1. The summed E-state index contributed by atoms with van der Waals surface area (Å²) in [4.78, 5) is 9.62. The predicted molar refractivity (Wildman–Crippen MR) is 93.8 cm³/mol. The van der Waals surface area contributed by atoms with Gasteiger partial charge in [0.15, 0.2) is 0 Å². The van der Waals surface area contributed by atoms with Crippen LogP contribution in [0.2, 0.25) is 0 Å². The van der Waals surface area contributed by atoms with Gasteiger partial charge in [0.25, 0.3) is 0 Å². The summed E-state index contributed by atoms with van der Waals surface area (Å²) in [5.41, 5.74) is 4.38. The number of pyridine rings is 1. The molecule has 0 unspecified atom stereocenters. The Morgan fingerprint density at radius 1 is 1.22 bits per heavy atom. The quantitative estimate of drug-likeness (QED) is 0.734. The highest BCUT2D eigenvalue weighted by atomic mass is 16.5. The zero-order valence-electron chi connectivity index (χ0n) is 13.8. The van der Waals surface area contributed by atoms with Crippen molar-refractivity contribution in [1.29, 1.82) is 0 Å². The molecule has 2 N–H and O–H groups in total. The minimum Gasteiger partial charge on any atom is -0.495 e. The van der Waals surface area contributed by atoms with Crippen LogP contribution in [-0.2, 0) is 13.1 Å². The molecule has 0 radical (unpaired) electrons. The van der Waals surface area contributed by atoms with Crippen molar-refractivity contribution in [2.75, 3.05) is 26.5 Å². The first-order valence-corrected chi connectivity index (χ1v) is 7.64. The van der Waals surface area contributed by atoms with Gasteiger partial charge in [0.1, 0.15) is 11.4 Å². The molecular weight excluding hydrogens is 288 g/mol. The van der Waals surface area contributed by atoms with Crippen LogP contribution in [0.15, 0.2) is 42.7 Å². The second kappa shape index (κ2) is 6.71. The van der Waals surface area contributed by atoms with E-state index in [4.69, 9.17) is 4.74 Å². The molecule has 0 bridgehead atoms. The van der Waals surface area contributed by atoms with Crippen LogP contribution in [0.3, 0.4) is 0 Å². The summed E-state index contributed by atoms with van der Waals surface area (Å²) in [5.74, 6) is 0.854. The standard InChI is InChI=1S/C18H22N4O/c1-22(2)12-13-4-5-17(23-3)16(10-13)21-11-14-6-8-19-18-15(14)7-9-20-18/h4-10,21H,11-12H2,1-3H3,(H,19,20). The summed E-state index contributed by atoms with van der Waals surface area (Å²) in [6.07, 6.45) is 3.75. The summed E-state index contributed by atoms with van der Waals surface area (Å²) in [5, 5.41) is 4.63. The second-order valence-electron chi connectivity index (χ2n) is 5.84. The van der Waals surface area contributed by atoms with Crippen molar-refractivity contribution in [2.24, 2.45) is 0 Å². The van der Waals surface area contributed by atoms with Crippen LogP contribution in [0.1, 0.15) is 11.1 Å². The second-order valence-corrected chi connectivity index (χ2v) is 5.84. The number of hydrogen-bond donors (Lipinski definition) is 2. The van der Waals surface area contributed by atoms with E-state index >= 15 is 0 Å². The number of anilines is 1. The number of H-pyrrole nitrogens is 1. The van der Waals surface area contributed by atoms with E-state index in [0.29, 0.717) is 0 Å². The topological polar surface area (TPSA) is 53.2 Å². The molecule has 0 saturated heterocycles. The molecule has 0 aliphatic heterocycles. The lowest BCUT2D eigenvalue weighted by atomic mass is 10.1. The number of aromatic amines is 1. The number of hydrogen-bond acceptors (Lipinski definition) is 4. The zero-order valence-corrected chi connectivity index (χ0v) is 13.8. The van der Waals surface area contributed by atoms with Crippen LogP contribution in [0, 0.1) is 0 Å². The highest BCUT2D eigenvalue weighted by Crippen LogP contribution is 2.27. The molecule has 2 aromatic heterocycles. The Hall–Kier alpha value is -2.53. The van der Waals surface area contributed by atoms with Gasteiger partial charge in [-0.1, -0.05) is 6.07 Å². The largest absolute Gasteiger partial charge is 0.495 e. The Balaban J connectivity index is 1.82. The van der Waals surface area contributed by atoms with Gasteiger partial charge >= 0.3 is 0 Å². The monoisotopic (exact) mass is 310 g/mol. The van der Waals surface area contributed by atoms with Crippen molar-refractivity contribution in [3.05, 3.63) is 53.9 Å². The van der Waals surface area contributed by atoms with Crippen LogP contribution in [0.4, 0.5) is 5.69 Å². The van der Waals surface area contributed by atoms with Crippen LogP contribution in [0.5, 0.6) is 5.75 Å². The molecule has 5 nitrogen and oxygen atoms in total. The van der Waals surface area contributed by atoms with Crippen molar-refractivity contribution in [1.82, 2.24) is 14.9 Å². The Kier molecular flexibility index (Phi) is 4.48. The molecular formula is C18H22N4O. The molecule has 0 fully saturated rings. The van der Waals surface area contributed by atoms with Gasteiger partial charge in [-0.3, -0.25) is 0 Å². The third-order valence-corrected chi connectivity index (χ3v) is 3.78. The minimum absolute atomic E-state index is 0.721. The molecule has 2 heterocycles. The van der Waals surface area contributed by atoms with Gasteiger partial charge in [-0.2, -0.15) is 0 Å². The van der Waals surface area contributed by atoms with Crippen LogP contribution in [-0.4, -0.2) is 36.1 Å². The Bertz CT molecular complexity index is 795. The molecule has 23 heavy (non-hydrogen) atoms. The van der Waals surface area contributed by atoms with E-state index in [0.717, 1.165) is 35.6 Å². The summed E-state index contributed by atoms with van der Waals surface area (Å²) < 4.78 is 5.47. The van der Waals surface area contributed by atoms with E-state index in [9.17, 15) is 0 Å². The fourth-order valence-corrected chi connectivity index (χ4v) is 2.72. The van der Waals surface area contributed by atoms with Crippen molar-refractivity contribution in [2.45, 2.75) is 13.1 Å². The number of nitrogens with zero attached hydrogens (tertiary/aromatic N) is 2. The Labute approximate surface area is 136 Å². The Morgan fingerprint density at radius 3 is 2.87 bits per heavy atom. The van der Waals surface area contributed by atoms with Gasteiger partial charge in [-0.25, -0.2) is 4.98 Å². The summed E-state index contributed by atoms with van der Waals surface area (Å²) in [6, 6.07) is 10.4. The van der Waals surface area contributed by atoms with Gasteiger partial charge < -0.3 is 19.9 Å². The number of ether oxygens (including phenoxy) is 1. The lowest BCUT2D eigenvalue weighted by molar-refractivity contribution is 0.400. The van der Waals surface area contributed by atoms with Gasteiger partial charge in [0, 0.05) is 30.9 Å². The number of fused-ring (bicyclic) bond motifs is 1. The molecule has 0 spiro atoms. The van der Waals surface area contributed by atoms with E-state index < -0.39 is 0 Å². The fourth-order valence-electron chi connectivity index (χ4n) is 2.72. The average molecular weight is 310 g/mol. The highest BCUT2D eigenvalue weighted by molar-refractivity contribution is 5.79. The van der Waals surface area contributed by atoms with Gasteiger partial charge in [0.05, 0.1) is 12.8 Å². The minimum atomic E-state index is 0.721. The third kappa shape index (κ3) is 3.46. The molecule has 0 aliphatic rings. The summed E-state index contributed by atoms with van der Waals surface area (Å²) in [6.45, 7) is 1.62. The number of aromatic nitrogens is 2. The third-order valence-electron chi connectivity index (χ3n) is 3.78. The van der Waals surface area contributed by atoms with Crippen molar-refractivity contribution in [3.63, 3.8) is 0 Å². The Morgan fingerprint density at radius 2 is 2.09 bits per heavy atom. The number of benzene rings is 1. The SMILES string of the molecule is COc1ccc(CN(C)C)cc1NCc1ccnc2[nH]ccc12. The zero-order chi connectivity index (χ0) is 16.2. The summed E-state index contributed by atoms with van der Waals surface area (Å²) >= 11 is 0. The normalized spacial score (nSPS) is 11.1. The summed E-state index contributed by atoms with van der Waals surface area (Å²) in [7, 11) is 5.83. The first kappa shape index (κ1) is 15.4. The van der Waals surface area contributed by atoms with Crippen molar-refractivity contribution < 1.29 is 4.74 Å². The predicted octanol–water partition coefficient (Wildman–Crippen LogP) is 3.25. The molecule has 3 rings (SSSR count). The molecule has 3 aromatic rings. The lowest BCUT2D eigenvalue weighted by Gasteiger charge is -2.15. The van der Waals surface area contributed by atoms with Gasteiger partial charge in [-0.05, 0) is 49.5 Å². The van der Waals surface area contributed by atoms with Crippen LogP contribution >= 0.6 is 0 Å². The molecule has 5 heteroatoms. The van der Waals surface area contributed by atoms with E-state index in [-0.39, 0.29) is 0 Å². The smallest absolute Gasteiger partial charge is 0.141 e. The van der Waals surface area contributed by atoms with E-state index in [1.165, 1.54) is 11.1 Å². The maximum Gasteiger partial charge on any atom is 0.141 e. The molecule has 0 amide bonds. The van der Waals surface area contributed by atoms with Crippen molar-refractivity contribution >= 4 is 16.7 Å². The maximum absolute atomic E-state index is 5.47. The van der Waals surface area contributed by atoms with Gasteiger partial charge in [0.2, 0.25) is 0 Å². The number of nitrogens with one attached hydrogen (secondary N) is 2. The molecule has 0 atom stereocenters. The molecule has 1 aromatic carbocycles. The van der Waals surface area contributed by atoms with Gasteiger partial charge in [-0.15, -0.1) is 0 Å². The number of rotatable bonds is 6. The van der Waals surface area contributed by atoms with Crippen LogP contribution < -0.4 is 10.1 Å². The first-order chi connectivity index (χ1) is 11.2. The van der Waals surface area contributed by atoms with Crippen LogP contribution in [0.25, 0.3) is 11.0 Å². The van der Waals surface area contributed by atoms with E-state index in [2.05, 4.69) is 52.5 Å². The average Bonchev–Trinajstić information content (AvgIpc) is 3.01. The lowest BCUT2D eigenvalue weighted by Crippen LogP contribution is -2.11. The first-order valence-electron chi connectivity index (χ1n) is 7.64. The van der Waals surface area contributed by atoms with E-state index in [1.54, 1.807) is 7.11 Å². The molecule has 120 valence electrons. The molecule has 0 aliphatic carbocycles. The molecule has 0 saturated carbocycles. The fraction of sp³-hybridized carbons (Fsp3) is 0.278. The van der Waals surface area contributed by atoms with E-state index in [1.807, 2.05) is 24.5 Å². The highest BCUT2D eigenvalue weighted by Gasteiger charge is 2.07.